The van der Waals surface area contributed by atoms with Crippen LogP contribution in [0.3, 0.4) is 0 Å². The Hall–Kier alpha value is -1.02. The highest BCUT2D eigenvalue weighted by Crippen LogP contribution is 2.38. The third kappa shape index (κ3) is 2.27. The number of likely N-dealkylation sites (tertiary alicyclic amines) is 1. The second-order valence-electron chi connectivity index (χ2n) is 6.77. The zero-order valence-electron chi connectivity index (χ0n) is 11.5. The Labute approximate surface area is 115 Å². The Bertz CT molecular complexity index is 480. The lowest BCUT2D eigenvalue weighted by molar-refractivity contribution is 0.0808. The van der Waals surface area contributed by atoms with Gasteiger partial charge in [0.15, 0.2) is 0 Å². The van der Waals surface area contributed by atoms with Crippen molar-refractivity contribution in [2.75, 3.05) is 13.1 Å². The van der Waals surface area contributed by atoms with Crippen LogP contribution in [0.5, 0.6) is 5.75 Å². The van der Waals surface area contributed by atoms with Crippen molar-refractivity contribution < 1.29 is 5.11 Å². The third-order valence-corrected chi connectivity index (χ3v) is 5.32. The quantitative estimate of drug-likeness (QED) is 0.880. The Kier molecular flexibility index (Phi) is 2.80. The summed E-state index contributed by atoms with van der Waals surface area (Å²) >= 11 is 0. The highest BCUT2D eigenvalue weighted by atomic mass is 16.3. The van der Waals surface area contributed by atoms with Crippen LogP contribution in [0.25, 0.3) is 0 Å². The van der Waals surface area contributed by atoms with Crippen LogP contribution in [-0.2, 0) is 12.8 Å². The maximum atomic E-state index is 9.65. The SMILES string of the molecule is Oc1ccc2c(c1)CC1CCCN(CC3CC3)C1C2. The molecule has 1 aromatic rings. The van der Waals surface area contributed by atoms with Gasteiger partial charge in [-0.25, -0.2) is 0 Å². The van der Waals surface area contributed by atoms with Gasteiger partial charge in [0.1, 0.15) is 5.75 Å². The summed E-state index contributed by atoms with van der Waals surface area (Å²) in [6.45, 7) is 2.65. The van der Waals surface area contributed by atoms with Gasteiger partial charge >= 0.3 is 0 Å². The zero-order valence-corrected chi connectivity index (χ0v) is 11.5. The minimum atomic E-state index is 0.433. The summed E-state index contributed by atoms with van der Waals surface area (Å²) in [7, 11) is 0. The van der Waals surface area contributed by atoms with Crippen molar-refractivity contribution >= 4 is 0 Å². The van der Waals surface area contributed by atoms with E-state index in [1.807, 2.05) is 12.1 Å². The van der Waals surface area contributed by atoms with E-state index in [4.69, 9.17) is 0 Å². The highest BCUT2D eigenvalue weighted by Gasteiger charge is 2.37. The second kappa shape index (κ2) is 4.52. The van der Waals surface area contributed by atoms with Crippen molar-refractivity contribution in [2.24, 2.45) is 11.8 Å². The van der Waals surface area contributed by atoms with Crippen molar-refractivity contribution in [3.8, 4) is 5.75 Å². The minimum Gasteiger partial charge on any atom is -0.508 e. The molecule has 0 aromatic heterocycles. The summed E-state index contributed by atoms with van der Waals surface area (Å²) in [6.07, 6.45) is 8.03. The molecule has 1 saturated heterocycles. The van der Waals surface area contributed by atoms with Crippen LogP contribution >= 0.6 is 0 Å². The van der Waals surface area contributed by atoms with Gasteiger partial charge in [-0.2, -0.15) is 0 Å². The molecule has 0 amide bonds. The predicted octanol–water partition coefficient (Wildman–Crippen LogP) is 2.98. The zero-order chi connectivity index (χ0) is 12.8. The van der Waals surface area contributed by atoms with Crippen LogP contribution in [0, 0.1) is 11.8 Å². The van der Waals surface area contributed by atoms with E-state index < -0.39 is 0 Å². The number of phenols is 1. The molecule has 1 N–H and O–H groups in total. The number of benzene rings is 1. The van der Waals surface area contributed by atoms with Crippen molar-refractivity contribution in [3.05, 3.63) is 29.3 Å². The molecule has 2 unspecified atom stereocenters. The molecule has 2 heteroatoms. The standard InChI is InChI=1S/C17H23NO/c19-16-6-5-13-10-17-14(8-15(13)9-16)2-1-7-18(17)11-12-3-4-12/h5-6,9,12,14,17,19H,1-4,7-8,10-11H2. The number of nitrogens with zero attached hydrogens (tertiary/aromatic N) is 1. The fraction of sp³-hybridized carbons (Fsp3) is 0.647. The topological polar surface area (TPSA) is 23.5 Å². The molecule has 19 heavy (non-hydrogen) atoms. The Balaban J connectivity index is 1.58. The van der Waals surface area contributed by atoms with Crippen molar-refractivity contribution in [2.45, 2.75) is 44.6 Å². The molecule has 1 heterocycles. The fourth-order valence-electron chi connectivity index (χ4n) is 4.11. The largest absolute Gasteiger partial charge is 0.508 e. The molecule has 2 atom stereocenters. The van der Waals surface area contributed by atoms with E-state index in [0.717, 1.165) is 17.9 Å². The first kappa shape index (κ1) is 11.8. The Morgan fingerprint density at radius 3 is 2.84 bits per heavy atom. The van der Waals surface area contributed by atoms with Crippen molar-refractivity contribution in [3.63, 3.8) is 0 Å². The van der Waals surface area contributed by atoms with E-state index in [-0.39, 0.29) is 0 Å². The van der Waals surface area contributed by atoms with Gasteiger partial charge < -0.3 is 5.11 Å². The smallest absolute Gasteiger partial charge is 0.115 e. The minimum absolute atomic E-state index is 0.433. The van der Waals surface area contributed by atoms with Crippen molar-refractivity contribution in [1.82, 2.24) is 4.90 Å². The van der Waals surface area contributed by atoms with Gasteiger partial charge in [-0.15, -0.1) is 0 Å². The average Bonchev–Trinajstić information content (AvgIpc) is 3.21. The molecule has 1 aliphatic heterocycles. The lowest BCUT2D eigenvalue weighted by Crippen LogP contribution is -2.49. The van der Waals surface area contributed by atoms with Gasteiger partial charge in [0, 0.05) is 12.6 Å². The van der Waals surface area contributed by atoms with Gasteiger partial charge in [-0.05, 0) is 80.2 Å². The monoisotopic (exact) mass is 257 g/mol. The fourth-order valence-corrected chi connectivity index (χ4v) is 4.11. The molecule has 3 aliphatic rings. The average molecular weight is 257 g/mol. The maximum absolute atomic E-state index is 9.65. The maximum Gasteiger partial charge on any atom is 0.115 e. The van der Waals surface area contributed by atoms with Crippen molar-refractivity contribution in [1.29, 1.82) is 0 Å². The van der Waals surface area contributed by atoms with Gasteiger partial charge in [0.25, 0.3) is 0 Å². The van der Waals surface area contributed by atoms with E-state index in [9.17, 15) is 5.11 Å². The summed E-state index contributed by atoms with van der Waals surface area (Å²) < 4.78 is 0. The molecule has 2 aliphatic carbocycles. The van der Waals surface area contributed by atoms with E-state index in [0.29, 0.717) is 5.75 Å². The summed E-state index contributed by atoms with van der Waals surface area (Å²) in [6, 6.07) is 6.76. The summed E-state index contributed by atoms with van der Waals surface area (Å²) in [4.78, 5) is 2.78. The summed E-state index contributed by atoms with van der Waals surface area (Å²) in [5.74, 6) is 2.25. The molecule has 0 bridgehead atoms. The summed E-state index contributed by atoms with van der Waals surface area (Å²) in [5, 5.41) is 9.65. The van der Waals surface area contributed by atoms with Crippen LogP contribution in [0.2, 0.25) is 0 Å². The van der Waals surface area contributed by atoms with E-state index in [1.54, 1.807) is 0 Å². The van der Waals surface area contributed by atoms with Gasteiger partial charge in [-0.1, -0.05) is 6.07 Å². The molecule has 0 radical (unpaired) electrons. The first-order valence-corrected chi connectivity index (χ1v) is 7.84. The Morgan fingerprint density at radius 2 is 2.00 bits per heavy atom. The first-order valence-electron chi connectivity index (χ1n) is 7.84. The summed E-state index contributed by atoms with van der Waals surface area (Å²) in [5.41, 5.74) is 2.87. The predicted molar refractivity (Wildman–Crippen MR) is 76.3 cm³/mol. The first-order chi connectivity index (χ1) is 9.29. The number of rotatable bonds is 2. The van der Waals surface area contributed by atoms with E-state index >= 15 is 0 Å². The normalized spacial score (nSPS) is 30.7. The van der Waals surface area contributed by atoms with Crippen LogP contribution in [-0.4, -0.2) is 29.1 Å². The molecule has 2 fully saturated rings. The van der Waals surface area contributed by atoms with Crippen LogP contribution in [0.4, 0.5) is 0 Å². The second-order valence-corrected chi connectivity index (χ2v) is 6.77. The van der Waals surface area contributed by atoms with E-state index in [1.165, 1.54) is 62.7 Å². The number of fused-ring (bicyclic) bond motifs is 2. The number of hydrogen-bond acceptors (Lipinski definition) is 2. The van der Waals surface area contributed by atoms with E-state index in [2.05, 4.69) is 11.0 Å². The van der Waals surface area contributed by atoms with Gasteiger partial charge in [-0.3, -0.25) is 4.90 Å². The van der Waals surface area contributed by atoms with Crippen LogP contribution < -0.4 is 0 Å². The lowest BCUT2D eigenvalue weighted by atomic mass is 9.75. The molecular weight excluding hydrogens is 234 g/mol. The number of phenolic OH excluding ortho intramolecular Hbond substituents is 1. The molecule has 2 nitrogen and oxygen atoms in total. The van der Waals surface area contributed by atoms with Crippen LogP contribution in [0.1, 0.15) is 36.8 Å². The highest BCUT2D eigenvalue weighted by molar-refractivity contribution is 5.37. The lowest BCUT2D eigenvalue weighted by Gasteiger charge is -2.45. The molecule has 1 saturated carbocycles. The van der Waals surface area contributed by atoms with Crippen LogP contribution in [0.15, 0.2) is 18.2 Å². The molecular formula is C17H23NO. The third-order valence-electron chi connectivity index (χ3n) is 5.32. The molecule has 1 aromatic carbocycles. The molecule has 4 rings (SSSR count). The van der Waals surface area contributed by atoms with Gasteiger partial charge in [0.2, 0.25) is 0 Å². The Morgan fingerprint density at radius 1 is 1.11 bits per heavy atom. The van der Waals surface area contributed by atoms with Gasteiger partial charge in [0.05, 0.1) is 0 Å². The number of piperidine rings is 1. The number of hydrogen-bond donors (Lipinski definition) is 1. The molecule has 0 spiro atoms. The number of aromatic hydroxyl groups is 1. The molecule has 102 valence electrons.